The van der Waals surface area contributed by atoms with Crippen LogP contribution >= 0.6 is 0 Å². The number of rotatable bonds is 5. The molecule has 0 heterocycles. The van der Waals surface area contributed by atoms with E-state index in [9.17, 15) is 13.2 Å². The average molecular weight is 219 g/mol. The number of carboxylic acid groups (broad SMARTS) is 1. The fourth-order valence-corrected chi connectivity index (χ4v) is 3.51. The summed E-state index contributed by atoms with van der Waals surface area (Å²) in [5.41, 5.74) is 0. The van der Waals surface area contributed by atoms with Crippen LogP contribution in [0.15, 0.2) is 0 Å². The molecule has 0 spiro atoms. The van der Waals surface area contributed by atoms with Crippen LogP contribution in [-0.2, 0) is 14.8 Å². The molecule has 2 aliphatic carbocycles. The first-order valence-corrected chi connectivity index (χ1v) is 6.24. The summed E-state index contributed by atoms with van der Waals surface area (Å²) in [6.45, 7) is -0.372. The molecule has 0 unspecified atom stereocenters. The highest BCUT2D eigenvalue weighted by Crippen LogP contribution is 2.37. The molecule has 0 amide bonds. The largest absolute Gasteiger partial charge is 0.480 e. The van der Waals surface area contributed by atoms with Gasteiger partial charge in [0.1, 0.15) is 6.54 Å². The van der Waals surface area contributed by atoms with Gasteiger partial charge in [0.15, 0.2) is 0 Å². The van der Waals surface area contributed by atoms with E-state index in [4.69, 9.17) is 5.11 Å². The van der Waals surface area contributed by atoms with Gasteiger partial charge in [0.25, 0.3) is 0 Å². The molecule has 0 radical (unpaired) electrons. The van der Waals surface area contributed by atoms with Crippen LogP contribution in [0.2, 0.25) is 0 Å². The van der Waals surface area contributed by atoms with E-state index in [1.165, 1.54) is 4.31 Å². The fourth-order valence-electron chi connectivity index (χ4n) is 1.48. The van der Waals surface area contributed by atoms with E-state index in [-0.39, 0.29) is 17.8 Å². The normalized spacial score (nSPS) is 22.6. The lowest BCUT2D eigenvalue weighted by Gasteiger charge is -2.19. The third-order valence-corrected chi connectivity index (χ3v) is 4.91. The number of carbonyl (C=O) groups is 1. The third kappa shape index (κ3) is 1.90. The topological polar surface area (TPSA) is 74.7 Å². The molecule has 0 aliphatic heterocycles. The third-order valence-electron chi connectivity index (χ3n) is 2.52. The van der Waals surface area contributed by atoms with Gasteiger partial charge in [0.2, 0.25) is 10.0 Å². The maximum atomic E-state index is 11.8. The minimum atomic E-state index is -3.31. The Balaban J connectivity index is 2.12. The van der Waals surface area contributed by atoms with Crippen molar-refractivity contribution in [2.24, 2.45) is 0 Å². The van der Waals surface area contributed by atoms with E-state index in [2.05, 4.69) is 0 Å². The van der Waals surface area contributed by atoms with Crippen molar-refractivity contribution in [2.75, 3.05) is 6.54 Å². The second-order valence-corrected chi connectivity index (χ2v) is 6.08. The molecule has 0 aromatic heterocycles. The lowest BCUT2D eigenvalue weighted by Crippen LogP contribution is -2.39. The van der Waals surface area contributed by atoms with Crippen molar-refractivity contribution in [3.63, 3.8) is 0 Å². The quantitative estimate of drug-likeness (QED) is 0.707. The van der Waals surface area contributed by atoms with Crippen LogP contribution < -0.4 is 0 Å². The van der Waals surface area contributed by atoms with Gasteiger partial charge >= 0.3 is 5.97 Å². The maximum absolute atomic E-state index is 11.8. The van der Waals surface area contributed by atoms with Crippen molar-refractivity contribution in [3.05, 3.63) is 0 Å². The molecule has 2 saturated carbocycles. The van der Waals surface area contributed by atoms with Crippen LogP contribution in [0, 0.1) is 0 Å². The lowest BCUT2D eigenvalue weighted by atomic mass is 10.6. The van der Waals surface area contributed by atoms with Gasteiger partial charge in [-0.3, -0.25) is 4.79 Å². The second-order valence-electron chi connectivity index (χ2n) is 3.91. The zero-order valence-corrected chi connectivity index (χ0v) is 8.53. The first kappa shape index (κ1) is 9.92. The van der Waals surface area contributed by atoms with Crippen LogP contribution in [0.3, 0.4) is 0 Å². The molecule has 0 aromatic carbocycles. The first-order chi connectivity index (χ1) is 6.51. The molecule has 2 fully saturated rings. The molecule has 2 rings (SSSR count). The Morgan fingerprint density at radius 1 is 1.29 bits per heavy atom. The number of hydrogen-bond acceptors (Lipinski definition) is 3. The highest BCUT2D eigenvalue weighted by atomic mass is 32.2. The Kier molecular flexibility index (Phi) is 2.27. The predicted octanol–water partition coefficient (Wildman–Crippen LogP) is 0.0276. The van der Waals surface area contributed by atoms with Crippen LogP contribution in [0.4, 0.5) is 0 Å². The van der Waals surface area contributed by atoms with Crippen LogP contribution in [-0.4, -0.2) is 41.6 Å². The highest BCUT2D eigenvalue weighted by Gasteiger charge is 2.46. The Hall–Kier alpha value is -0.620. The number of aliphatic carboxylic acids is 1. The fraction of sp³-hybridized carbons (Fsp3) is 0.875. The standard InChI is InChI=1S/C8H13NO4S/c10-8(11)5-9(6-1-2-6)14(12,13)7-3-4-7/h6-7H,1-5H2,(H,10,11). The highest BCUT2D eigenvalue weighted by molar-refractivity contribution is 7.90. The van der Waals surface area contributed by atoms with E-state index in [0.29, 0.717) is 12.8 Å². The molecule has 0 bridgehead atoms. The Bertz CT molecular complexity index is 342. The maximum Gasteiger partial charge on any atom is 0.318 e. The zero-order valence-electron chi connectivity index (χ0n) is 7.72. The number of hydrogen-bond donors (Lipinski definition) is 1. The van der Waals surface area contributed by atoms with E-state index in [1.54, 1.807) is 0 Å². The number of nitrogens with zero attached hydrogens (tertiary/aromatic N) is 1. The summed E-state index contributed by atoms with van der Waals surface area (Å²) in [6, 6.07) is -0.0447. The average Bonchev–Trinajstić information content (AvgIpc) is 2.88. The van der Waals surface area contributed by atoms with E-state index >= 15 is 0 Å². The van der Waals surface area contributed by atoms with Crippen LogP contribution in [0.1, 0.15) is 25.7 Å². The first-order valence-electron chi connectivity index (χ1n) is 4.74. The molecule has 0 saturated heterocycles. The van der Waals surface area contributed by atoms with Crippen LogP contribution in [0.25, 0.3) is 0 Å². The SMILES string of the molecule is O=C(O)CN(C1CC1)S(=O)(=O)C1CC1. The molecule has 14 heavy (non-hydrogen) atoms. The van der Waals surface area contributed by atoms with Crippen molar-refractivity contribution in [2.45, 2.75) is 37.0 Å². The summed E-state index contributed by atoms with van der Waals surface area (Å²) in [5.74, 6) is -1.07. The van der Waals surface area contributed by atoms with Crippen molar-refractivity contribution in [1.82, 2.24) is 4.31 Å². The Morgan fingerprint density at radius 3 is 2.21 bits per heavy atom. The summed E-state index contributed by atoms with van der Waals surface area (Å²) in [5, 5.41) is 8.32. The van der Waals surface area contributed by atoms with Gasteiger partial charge in [-0.1, -0.05) is 0 Å². The number of carboxylic acids is 1. The minimum Gasteiger partial charge on any atom is -0.480 e. The van der Waals surface area contributed by atoms with Crippen molar-refractivity contribution in [3.8, 4) is 0 Å². The summed E-state index contributed by atoms with van der Waals surface area (Å²) >= 11 is 0. The van der Waals surface area contributed by atoms with Gasteiger partial charge in [0, 0.05) is 6.04 Å². The molecule has 5 nitrogen and oxygen atoms in total. The van der Waals surface area contributed by atoms with Crippen molar-refractivity contribution < 1.29 is 18.3 Å². The van der Waals surface area contributed by atoms with Crippen LogP contribution in [0.5, 0.6) is 0 Å². The van der Waals surface area contributed by atoms with Gasteiger partial charge in [-0.05, 0) is 25.7 Å². The van der Waals surface area contributed by atoms with Gasteiger partial charge in [-0.25, -0.2) is 8.42 Å². The minimum absolute atomic E-state index is 0.0447. The van der Waals surface area contributed by atoms with E-state index in [0.717, 1.165) is 12.8 Å². The van der Waals surface area contributed by atoms with Crippen molar-refractivity contribution >= 4 is 16.0 Å². The van der Waals surface area contributed by atoms with Gasteiger partial charge < -0.3 is 5.11 Å². The van der Waals surface area contributed by atoms with E-state index in [1.807, 2.05) is 0 Å². The number of sulfonamides is 1. The van der Waals surface area contributed by atoms with Gasteiger partial charge in [0.05, 0.1) is 5.25 Å². The Labute approximate surface area is 82.8 Å². The summed E-state index contributed by atoms with van der Waals surface area (Å²) in [7, 11) is -3.31. The molecule has 1 N–H and O–H groups in total. The smallest absolute Gasteiger partial charge is 0.318 e. The summed E-state index contributed by atoms with van der Waals surface area (Å²) in [4.78, 5) is 10.5. The summed E-state index contributed by atoms with van der Waals surface area (Å²) in [6.07, 6.45) is 2.98. The molecular formula is C8H13NO4S. The lowest BCUT2D eigenvalue weighted by molar-refractivity contribution is -0.137. The molecule has 0 aromatic rings. The van der Waals surface area contributed by atoms with Gasteiger partial charge in [-0.2, -0.15) is 4.31 Å². The summed E-state index contributed by atoms with van der Waals surface area (Å²) < 4.78 is 24.7. The molecular weight excluding hydrogens is 206 g/mol. The predicted molar refractivity (Wildman–Crippen MR) is 49.3 cm³/mol. The molecule has 2 aliphatic rings. The van der Waals surface area contributed by atoms with Gasteiger partial charge in [-0.15, -0.1) is 0 Å². The molecule has 6 heteroatoms. The molecule has 0 atom stereocenters. The van der Waals surface area contributed by atoms with E-state index < -0.39 is 16.0 Å². The Morgan fingerprint density at radius 2 is 1.86 bits per heavy atom. The zero-order chi connectivity index (χ0) is 10.3. The molecule has 80 valence electrons. The van der Waals surface area contributed by atoms with Crippen molar-refractivity contribution in [1.29, 1.82) is 0 Å². The second kappa shape index (κ2) is 3.20. The monoisotopic (exact) mass is 219 g/mol.